The lowest BCUT2D eigenvalue weighted by Gasteiger charge is -2.08. The number of furan rings is 1. The van der Waals surface area contributed by atoms with Crippen LogP contribution in [0.25, 0.3) is 0 Å². The molecule has 0 aliphatic carbocycles. The average Bonchev–Trinajstić information content (AvgIpc) is 2.77. The van der Waals surface area contributed by atoms with E-state index >= 15 is 0 Å². The third kappa shape index (κ3) is 2.30. The second kappa shape index (κ2) is 4.20. The van der Waals surface area contributed by atoms with E-state index in [1.807, 2.05) is 29.9 Å². The molecule has 0 bridgehead atoms. The minimum atomic E-state index is -0.155. The van der Waals surface area contributed by atoms with Crippen LogP contribution in [0.3, 0.4) is 0 Å². The average molecular weight is 270 g/mol. The molecule has 1 unspecified atom stereocenters. The first-order valence-electron chi connectivity index (χ1n) is 4.64. The van der Waals surface area contributed by atoms with E-state index in [2.05, 4.69) is 20.9 Å². The molecule has 0 saturated carbocycles. The summed E-state index contributed by atoms with van der Waals surface area (Å²) in [4.78, 5) is 4.22. The van der Waals surface area contributed by atoms with Crippen LogP contribution >= 0.6 is 15.9 Å². The summed E-state index contributed by atoms with van der Waals surface area (Å²) in [6.07, 6.45) is 4.34. The van der Waals surface area contributed by atoms with Crippen molar-refractivity contribution in [3.63, 3.8) is 0 Å². The van der Waals surface area contributed by atoms with Crippen LogP contribution in [0.4, 0.5) is 0 Å². The smallest absolute Gasteiger partial charge is 0.169 e. The van der Waals surface area contributed by atoms with Gasteiger partial charge in [0.25, 0.3) is 0 Å². The number of hydrogen-bond donors (Lipinski definition) is 1. The minimum Gasteiger partial charge on any atom is -0.453 e. The van der Waals surface area contributed by atoms with E-state index in [0.29, 0.717) is 11.1 Å². The highest BCUT2D eigenvalue weighted by Gasteiger charge is 2.13. The lowest BCUT2D eigenvalue weighted by Crippen LogP contribution is -2.15. The van der Waals surface area contributed by atoms with E-state index in [1.165, 1.54) is 0 Å². The van der Waals surface area contributed by atoms with Crippen LogP contribution in [0.5, 0.6) is 0 Å². The Balaban J connectivity index is 2.10. The van der Waals surface area contributed by atoms with E-state index in [9.17, 15) is 0 Å². The highest BCUT2D eigenvalue weighted by Crippen LogP contribution is 2.21. The molecule has 4 nitrogen and oxygen atoms in total. The molecule has 0 spiro atoms. The van der Waals surface area contributed by atoms with Crippen molar-refractivity contribution in [2.45, 2.75) is 12.5 Å². The number of aryl methyl sites for hydroxylation is 1. The fraction of sp³-hybridized carbons (Fsp3) is 0.300. The topological polar surface area (TPSA) is 57.0 Å². The van der Waals surface area contributed by atoms with Crippen molar-refractivity contribution in [2.75, 3.05) is 0 Å². The van der Waals surface area contributed by atoms with Crippen LogP contribution in [0, 0.1) is 0 Å². The molecule has 2 N–H and O–H groups in total. The maximum Gasteiger partial charge on any atom is 0.169 e. The Labute approximate surface area is 96.2 Å². The standard InChI is InChI=1S/C10H12BrN3O/c1-14-5-4-13-10(14)6-7(12)8-2-3-9(11)15-8/h2-5,7H,6,12H2,1H3. The van der Waals surface area contributed by atoms with Gasteiger partial charge in [-0.1, -0.05) is 0 Å². The zero-order valence-electron chi connectivity index (χ0n) is 8.35. The fourth-order valence-corrected chi connectivity index (χ4v) is 1.74. The van der Waals surface area contributed by atoms with Gasteiger partial charge in [0.15, 0.2) is 4.67 Å². The number of hydrogen-bond acceptors (Lipinski definition) is 3. The van der Waals surface area contributed by atoms with Gasteiger partial charge >= 0.3 is 0 Å². The van der Waals surface area contributed by atoms with Gasteiger partial charge < -0.3 is 14.7 Å². The zero-order valence-corrected chi connectivity index (χ0v) is 9.94. The monoisotopic (exact) mass is 269 g/mol. The Kier molecular flexibility index (Phi) is 2.93. The highest BCUT2D eigenvalue weighted by atomic mass is 79.9. The maximum atomic E-state index is 6.00. The molecular weight excluding hydrogens is 258 g/mol. The number of halogens is 1. The molecule has 1 atom stereocenters. The summed E-state index contributed by atoms with van der Waals surface area (Å²) in [5.74, 6) is 1.72. The highest BCUT2D eigenvalue weighted by molar-refractivity contribution is 9.10. The minimum absolute atomic E-state index is 0.155. The first-order chi connectivity index (χ1) is 7.16. The largest absolute Gasteiger partial charge is 0.453 e. The normalized spacial score (nSPS) is 13.0. The van der Waals surface area contributed by atoms with Crippen molar-refractivity contribution in [3.8, 4) is 0 Å². The van der Waals surface area contributed by atoms with Gasteiger partial charge in [-0.15, -0.1) is 0 Å². The molecule has 0 aliphatic rings. The number of aromatic nitrogens is 2. The number of nitrogens with two attached hydrogens (primary N) is 1. The van der Waals surface area contributed by atoms with Gasteiger partial charge in [-0.05, 0) is 28.1 Å². The maximum absolute atomic E-state index is 6.00. The molecule has 2 aromatic heterocycles. The Hall–Kier alpha value is -1.07. The number of nitrogens with zero attached hydrogens (tertiary/aromatic N) is 2. The van der Waals surface area contributed by atoms with Crippen molar-refractivity contribution in [1.82, 2.24) is 9.55 Å². The van der Waals surface area contributed by atoms with Crippen molar-refractivity contribution in [1.29, 1.82) is 0 Å². The van der Waals surface area contributed by atoms with Crippen LogP contribution in [0.15, 0.2) is 33.6 Å². The first-order valence-corrected chi connectivity index (χ1v) is 5.43. The van der Waals surface area contributed by atoms with Crippen LogP contribution in [0.1, 0.15) is 17.6 Å². The zero-order chi connectivity index (χ0) is 10.8. The predicted molar refractivity (Wildman–Crippen MR) is 60.2 cm³/mol. The molecule has 80 valence electrons. The van der Waals surface area contributed by atoms with Crippen molar-refractivity contribution in [2.24, 2.45) is 12.8 Å². The van der Waals surface area contributed by atoms with E-state index in [4.69, 9.17) is 10.2 Å². The molecule has 0 amide bonds. The SMILES string of the molecule is Cn1ccnc1CC(N)c1ccc(Br)o1. The third-order valence-electron chi connectivity index (χ3n) is 2.28. The summed E-state index contributed by atoms with van der Waals surface area (Å²) in [6, 6.07) is 3.56. The first kappa shape index (κ1) is 10.4. The molecule has 2 aromatic rings. The summed E-state index contributed by atoms with van der Waals surface area (Å²) < 4.78 is 8.05. The quantitative estimate of drug-likeness (QED) is 0.928. The van der Waals surface area contributed by atoms with Crippen LogP contribution in [-0.2, 0) is 13.5 Å². The summed E-state index contributed by atoms with van der Waals surface area (Å²) >= 11 is 3.25. The third-order valence-corrected chi connectivity index (χ3v) is 2.71. The van der Waals surface area contributed by atoms with Crippen molar-refractivity contribution >= 4 is 15.9 Å². The van der Waals surface area contributed by atoms with Crippen LogP contribution in [0.2, 0.25) is 0 Å². The van der Waals surface area contributed by atoms with Gasteiger partial charge in [0, 0.05) is 25.9 Å². The number of rotatable bonds is 3. The van der Waals surface area contributed by atoms with Crippen LogP contribution in [-0.4, -0.2) is 9.55 Å². The van der Waals surface area contributed by atoms with E-state index in [0.717, 1.165) is 11.6 Å². The van der Waals surface area contributed by atoms with E-state index in [-0.39, 0.29) is 6.04 Å². The Morgan fingerprint density at radius 2 is 2.40 bits per heavy atom. The van der Waals surface area contributed by atoms with E-state index in [1.54, 1.807) is 6.20 Å². The Morgan fingerprint density at radius 1 is 1.60 bits per heavy atom. The molecule has 15 heavy (non-hydrogen) atoms. The molecule has 0 saturated heterocycles. The molecule has 0 radical (unpaired) electrons. The molecule has 5 heteroatoms. The van der Waals surface area contributed by atoms with Gasteiger partial charge in [-0.2, -0.15) is 0 Å². The Bertz CT molecular complexity index is 449. The van der Waals surface area contributed by atoms with Gasteiger partial charge in [-0.3, -0.25) is 0 Å². The van der Waals surface area contributed by atoms with Gasteiger partial charge in [-0.25, -0.2) is 4.98 Å². The van der Waals surface area contributed by atoms with Crippen LogP contribution < -0.4 is 5.73 Å². The predicted octanol–water partition coefficient (Wildman–Crippen LogP) is 2.02. The summed E-state index contributed by atoms with van der Waals surface area (Å²) in [5.41, 5.74) is 6.00. The van der Waals surface area contributed by atoms with Gasteiger partial charge in [0.05, 0.1) is 6.04 Å². The van der Waals surface area contributed by atoms with Gasteiger partial charge in [0.2, 0.25) is 0 Å². The molecule has 0 fully saturated rings. The van der Waals surface area contributed by atoms with Crippen molar-refractivity contribution < 1.29 is 4.42 Å². The van der Waals surface area contributed by atoms with Gasteiger partial charge in [0.1, 0.15) is 11.6 Å². The molecule has 2 heterocycles. The molecule has 0 aromatic carbocycles. The fourth-order valence-electron chi connectivity index (χ4n) is 1.42. The lowest BCUT2D eigenvalue weighted by atomic mass is 10.1. The molecular formula is C10H12BrN3O. The summed E-state index contributed by atoms with van der Waals surface area (Å²) in [7, 11) is 1.95. The van der Waals surface area contributed by atoms with E-state index < -0.39 is 0 Å². The second-order valence-electron chi connectivity index (χ2n) is 3.41. The number of imidazole rings is 1. The summed E-state index contributed by atoms with van der Waals surface area (Å²) in [6.45, 7) is 0. The molecule has 0 aliphatic heterocycles. The molecule has 2 rings (SSSR count). The van der Waals surface area contributed by atoms with Crippen molar-refractivity contribution in [3.05, 3.63) is 40.8 Å². The summed E-state index contributed by atoms with van der Waals surface area (Å²) in [5, 5.41) is 0. The second-order valence-corrected chi connectivity index (χ2v) is 4.19. The Morgan fingerprint density at radius 3 is 2.93 bits per heavy atom. The lowest BCUT2D eigenvalue weighted by molar-refractivity contribution is 0.443.